The molecular weight excluding hydrogens is 539 g/mol. The quantitative estimate of drug-likeness (QED) is 0.385. The van der Waals surface area contributed by atoms with Gasteiger partial charge in [0, 0.05) is 5.56 Å². The normalized spacial score (nSPS) is 16.6. The number of sulfone groups is 1. The maximum Gasteiger partial charge on any atom is 0.250 e. The lowest BCUT2D eigenvalue weighted by atomic mass is 10.2. The summed E-state index contributed by atoms with van der Waals surface area (Å²) in [6.45, 7) is 0. The fraction of sp³-hybridized carbons (Fsp3) is 0.118. The largest absolute Gasteiger partial charge is 0.506 e. The van der Waals surface area contributed by atoms with Crippen molar-refractivity contribution in [1.29, 1.82) is 0 Å². The zero-order valence-corrected chi connectivity index (χ0v) is 19.8. The van der Waals surface area contributed by atoms with Crippen molar-refractivity contribution in [3.05, 3.63) is 70.4 Å². The summed E-state index contributed by atoms with van der Waals surface area (Å²) in [5, 5.41) is 10.2. The molecule has 0 saturated heterocycles. The average molecular weight is 548 g/mol. The summed E-state index contributed by atoms with van der Waals surface area (Å²) in [6, 6.07) is 6.13. The lowest BCUT2D eigenvalue weighted by molar-refractivity contribution is 0.510. The van der Waals surface area contributed by atoms with Crippen LogP contribution in [0.15, 0.2) is 52.3 Å². The summed E-state index contributed by atoms with van der Waals surface area (Å²) in [7, 11) is -3.83. The second-order valence-electron chi connectivity index (χ2n) is 5.77. The van der Waals surface area contributed by atoms with E-state index in [0.29, 0.717) is 0 Å². The van der Waals surface area contributed by atoms with Crippen molar-refractivity contribution >= 4 is 91.3 Å². The highest BCUT2D eigenvalue weighted by Gasteiger charge is 2.34. The van der Waals surface area contributed by atoms with Crippen LogP contribution in [0.2, 0.25) is 0 Å². The molecule has 0 bridgehead atoms. The van der Waals surface area contributed by atoms with Crippen LogP contribution >= 0.6 is 69.6 Å². The fourth-order valence-corrected chi connectivity index (χ4v) is 4.53. The van der Waals surface area contributed by atoms with Crippen molar-refractivity contribution in [2.75, 3.05) is 0 Å². The Morgan fingerprint density at radius 2 is 1.37 bits per heavy atom. The number of alkyl halides is 6. The van der Waals surface area contributed by atoms with E-state index in [0.717, 1.165) is 0 Å². The number of aliphatic hydroxyl groups excluding tert-OH is 1. The molecule has 0 unspecified atom stereocenters. The minimum Gasteiger partial charge on any atom is -0.506 e. The third kappa shape index (κ3) is 4.88. The molecule has 0 saturated carbocycles. The number of fused-ring (bicyclic) bond motifs is 1. The van der Waals surface area contributed by atoms with Gasteiger partial charge in [-0.1, -0.05) is 93.9 Å². The van der Waals surface area contributed by atoms with Crippen LogP contribution in [0.1, 0.15) is 23.0 Å². The Hall–Kier alpha value is -1.06. The molecule has 2 aromatic rings. The second-order valence-corrected chi connectivity index (χ2v) is 12.2. The minimum absolute atomic E-state index is 0.00642. The molecule has 0 radical (unpaired) electrons. The van der Waals surface area contributed by atoms with Crippen molar-refractivity contribution in [2.24, 2.45) is 0 Å². The molecule has 6 nitrogen and oxygen atoms in total. The number of hydrogen-bond acceptors (Lipinski definition) is 6. The molecule has 0 atom stereocenters. The molecule has 1 aliphatic rings. The molecule has 0 aliphatic carbocycles. The Kier molecular flexibility index (Phi) is 6.66. The molecule has 1 aromatic carbocycles. The number of aliphatic hydroxyl groups is 1. The lowest BCUT2D eigenvalue weighted by Gasteiger charge is -2.14. The van der Waals surface area contributed by atoms with E-state index in [1.165, 1.54) is 36.4 Å². The third-order valence-corrected chi connectivity index (χ3v) is 6.58. The number of halogens is 6. The summed E-state index contributed by atoms with van der Waals surface area (Å²) in [5.74, 6) is -0.872. The zero-order chi connectivity index (χ0) is 22.3. The molecule has 13 heteroatoms. The smallest absolute Gasteiger partial charge is 0.250 e. The summed E-state index contributed by atoms with van der Waals surface area (Å²) in [5.41, 5.74) is 0.234. The van der Waals surface area contributed by atoms with Crippen LogP contribution in [0.25, 0.3) is 11.8 Å². The van der Waals surface area contributed by atoms with Crippen LogP contribution < -0.4 is 0 Å². The third-order valence-electron chi connectivity index (χ3n) is 3.72. The molecule has 1 N–H and O–H groups in total. The Labute approximate surface area is 201 Å². The van der Waals surface area contributed by atoms with Gasteiger partial charge in [-0.05, 0) is 24.3 Å². The van der Waals surface area contributed by atoms with Crippen molar-refractivity contribution in [3.63, 3.8) is 0 Å². The van der Waals surface area contributed by atoms with Crippen molar-refractivity contribution in [2.45, 2.75) is 12.5 Å². The number of aromatic nitrogens is 3. The molecule has 1 aliphatic heterocycles. The summed E-state index contributed by atoms with van der Waals surface area (Å²) in [6.07, 6.45) is 5.35. The summed E-state index contributed by atoms with van der Waals surface area (Å²) < 4.78 is 21.1. The van der Waals surface area contributed by atoms with E-state index in [-0.39, 0.29) is 38.6 Å². The number of allylic oxidation sites excluding steroid dienone is 3. The van der Waals surface area contributed by atoms with Crippen molar-refractivity contribution < 1.29 is 13.5 Å². The predicted octanol–water partition coefficient (Wildman–Crippen LogP) is 5.81. The van der Waals surface area contributed by atoms with E-state index in [4.69, 9.17) is 69.6 Å². The molecule has 0 fully saturated rings. The van der Waals surface area contributed by atoms with E-state index < -0.39 is 17.4 Å². The van der Waals surface area contributed by atoms with Gasteiger partial charge in [-0.2, -0.15) is 0 Å². The fourth-order valence-electron chi connectivity index (χ4n) is 2.45. The van der Waals surface area contributed by atoms with Crippen LogP contribution in [0.4, 0.5) is 0 Å². The van der Waals surface area contributed by atoms with Gasteiger partial charge in [-0.25, -0.2) is 23.4 Å². The molecule has 30 heavy (non-hydrogen) atoms. The molecule has 0 amide bonds. The minimum atomic E-state index is -3.83. The van der Waals surface area contributed by atoms with Gasteiger partial charge in [0.2, 0.25) is 17.4 Å². The predicted molar refractivity (Wildman–Crippen MR) is 120 cm³/mol. The number of nitrogens with zero attached hydrogens (tertiary/aromatic N) is 3. The maximum absolute atomic E-state index is 12.6. The van der Waals surface area contributed by atoms with Gasteiger partial charge < -0.3 is 5.11 Å². The maximum atomic E-state index is 12.6. The van der Waals surface area contributed by atoms with Crippen LogP contribution in [0.3, 0.4) is 0 Å². The molecule has 158 valence electrons. The van der Waals surface area contributed by atoms with Crippen molar-refractivity contribution in [1.82, 2.24) is 15.0 Å². The van der Waals surface area contributed by atoms with Gasteiger partial charge in [-0.15, -0.1) is 0 Å². The Morgan fingerprint density at radius 3 is 1.90 bits per heavy atom. The number of benzene rings is 1. The monoisotopic (exact) mass is 545 g/mol. The van der Waals surface area contributed by atoms with Crippen molar-refractivity contribution in [3.8, 4) is 0 Å². The van der Waals surface area contributed by atoms with Gasteiger partial charge in [-0.3, -0.25) is 0 Å². The standard InChI is InChI=1S/C17H9Cl6N3O3S/c18-16(19,20)14-24-12(25-15(26-14)17(21,22)23)8-4-3-7-11-13(27)9-5-1-2-6-10(9)30(11,28)29/h1-8,27H. The summed E-state index contributed by atoms with van der Waals surface area (Å²) in [4.78, 5) is 11.6. The molecular formula is C17H9Cl6N3O3S. The Bertz CT molecular complexity index is 1170. The first-order valence-corrected chi connectivity index (χ1v) is 11.6. The van der Waals surface area contributed by atoms with E-state index in [1.807, 2.05) is 0 Å². The highest BCUT2D eigenvalue weighted by Crippen LogP contribution is 2.40. The van der Waals surface area contributed by atoms with E-state index in [9.17, 15) is 13.5 Å². The first kappa shape index (κ1) is 23.6. The van der Waals surface area contributed by atoms with E-state index in [1.54, 1.807) is 12.1 Å². The van der Waals surface area contributed by atoms with Gasteiger partial charge in [0.1, 0.15) is 10.7 Å². The molecule has 2 heterocycles. The highest BCUT2D eigenvalue weighted by molar-refractivity contribution is 7.96. The first-order valence-electron chi connectivity index (χ1n) is 7.85. The number of rotatable bonds is 3. The van der Waals surface area contributed by atoms with Gasteiger partial charge >= 0.3 is 0 Å². The molecule has 0 spiro atoms. The highest BCUT2D eigenvalue weighted by atomic mass is 35.6. The molecule has 3 rings (SSSR count). The van der Waals surface area contributed by atoms with Gasteiger partial charge in [0.25, 0.3) is 0 Å². The average Bonchev–Trinajstić information content (AvgIpc) is 2.84. The Morgan fingerprint density at radius 1 is 0.833 bits per heavy atom. The molecule has 1 aromatic heterocycles. The number of hydrogen-bond donors (Lipinski definition) is 1. The van der Waals surface area contributed by atoms with Gasteiger partial charge in [0.15, 0.2) is 17.5 Å². The first-order chi connectivity index (χ1) is 13.8. The summed E-state index contributed by atoms with van der Waals surface area (Å²) >= 11 is 34.8. The van der Waals surface area contributed by atoms with Crippen LogP contribution in [0.5, 0.6) is 0 Å². The van der Waals surface area contributed by atoms with Gasteiger partial charge in [0.05, 0.1) is 4.90 Å². The second kappa shape index (κ2) is 8.47. The van der Waals surface area contributed by atoms with E-state index >= 15 is 0 Å². The zero-order valence-electron chi connectivity index (χ0n) is 14.4. The van der Waals surface area contributed by atoms with Crippen LogP contribution in [-0.4, -0.2) is 28.5 Å². The topological polar surface area (TPSA) is 93.0 Å². The van der Waals surface area contributed by atoms with E-state index in [2.05, 4.69) is 15.0 Å². The SMILES string of the molecule is O=S1(=O)C(C=CC=Cc2nc(C(Cl)(Cl)Cl)nc(C(Cl)(Cl)Cl)n2)=C(O)c2ccccc21. The van der Waals surface area contributed by atoms with Crippen LogP contribution in [0, 0.1) is 0 Å². The lowest BCUT2D eigenvalue weighted by Crippen LogP contribution is -2.16. The van der Waals surface area contributed by atoms with Crippen LogP contribution in [-0.2, 0) is 17.4 Å². The Balaban J connectivity index is 1.93.